The van der Waals surface area contributed by atoms with Crippen molar-refractivity contribution >= 4 is 11.9 Å². The molecule has 2 saturated carbocycles. The second-order valence-corrected chi connectivity index (χ2v) is 5.36. The second kappa shape index (κ2) is 5.02. The van der Waals surface area contributed by atoms with Crippen LogP contribution in [0.3, 0.4) is 0 Å². The number of rotatable bonds is 4. The Kier molecular flexibility index (Phi) is 3.73. The maximum absolute atomic E-state index is 12.5. The van der Waals surface area contributed by atoms with E-state index in [1.807, 2.05) is 0 Å². The highest BCUT2D eigenvalue weighted by molar-refractivity contribution is 5.81. The Labute approximate surface area is 108 Å². The van der Waals surface area contributed by atoms with Gasteiger partial charge in [-0.05, 0) is 32.1 Å². The van der Waals surface area contributed by atoms with Gasteiger partial charge in [0.1, 0.15) is 6.54 Å². The Morgan fingerprint density at radius 3 is 2.11 bits per heavy atom. The first-order valence-electron chi connectivity index (χ1n) is 6.38. The van der Waals surface area contributed by atoms with Gasteiger partial charge in [0.15, 0.2) is 0 Å². The Morgan fingerprint density at radius 2 is 1.68 bits per heavy atom. The number of carboxylic acids is 1. The van der Waals surface area contributed by atoms with Crippen LogP contribution in [0.4, 0.5) is 13.2 Å². The number of carbonyl (C=O) groups is 2. The molecule has 0 aliphatic heterocycles. The molecule has 0 aromatic heterocycles. The van der Waals surface area contributed by atoms with Gasteiger partial charge >= 0.3 is 12.1 Å². The fourth-order valence-electron chi connectivity index (χ4n) is 2.63. The van der Waals surface area contributed by atoms with E-state index in [0.29, 0.717) is 25.7 Å². The third kappa shape index (κ3) is 3.61. The van der Waals surface area contributed by atoms with Crippen molar-refractivity contribution in [2.45, 2.75) is 44.3 Å². The quantitative estimate of drug-likeness (QED) is 0.856. The second-order valence-electron chi connectivity index (χ2n) is 5.36. The van der Waals surface area contributed by atoms with Crippen molar-refractivity contribution in [3.05, 3.63) is 0 Å². The lowest BCUT2D eigenvalue weighted by molar-refractivity contribution is -0.165. The zero-order chi connectivity index (χ0) is 14.2. The van der Waals surface area contributed by atoms with E-state index in [4.69, 9.17) is 5.11 Å². The highest BCUT2D eigenvalue weighted by atomic mass is 19.4. The SMILES string of the molecule is O=C(O)[C@H]1CC[C@@H](C(=O)N(CC(F)(F)F)C2CC2)C1. The third-order valence-corrected chi connectivity index (χ3v) is 3.75. The predicted octanol–water partition coefficient (Wildman–Crippen LogP) is 2.04. The van der Waals surface area contributed by atoms with Crippen molar-refractivity contribution in [2.75, 3.05) is 6.54 Å². The molecule has 0 saturated heterocycles. The Morgan fingerprint density at radius 1 is 1.11 bits per heavy atom. The van der Waals surface area contributed by atoms with E-state index in [0.717, 1.165) is 4.90 Å². The summed E-state index contributed by atoms with van der Waals surface area (Å²) >= 11 is 0. The van der Waals surface area contributed by atoms with Gasteiger partial charge in [-0.2, -0.15) is 13.2 Å². The topological polar surface area (TPSA) is 57.6 Å². The fourth-order valence-corrected chi connectivity index (χ4v) is 2.63. The van der Waals surface area contributed by atoms with E-state index in [1.54, 1.807) is 0 Å². The summed E-state index contributed by atoms with van der Waals surface area (Å²) in [6, 6.07) is -0.307. The van der Waals surface area contributed by atoms with E-state index in [2.05, 4.69) is 0 Å². The molecule has 2 fully saturated rings. The molecular formula is C12H16F3NO3. The molecule has 2 aliphatic carbocycles. The summed E-state index contributed by atoms with van der Waals surface area (Å²) in [6.45, 7) is -1.22. The average Bonchev–Trinajstić information content (AvgIpc) is 3.00. The minimum atomic E-state index is -4.40. The van der Waals surface area contributed by atoms with Crippen LogP contribution in [0.5, 0.6) is 0 Å². The van der Waals surface area contributed by atoms with Crippen LogP contribution in [0.2, 0.25) is 0 Å². The lowest BCUT2D eigenvalue weighted by Crippen LogP contribution is -2.43. The van der Waals surface area contributed by atoms with Crippen molar-refractivity contribution in [3.63, 3.8) is 0 Å². The van der Waals surface area contributed by atoms with Crippen LogP contribution in [0, 0.1) is 11.8 Å². The van der Waals surface area contributed by atoms with E-state index in [1.165, 1.54) is 0 Å². The van der Waals surface area contributed by atoms with Gasteiger partial charge in [-0.25, -0.2) is 0 Å². The third-order valence-electron chi connectivity index (χ3n) is 3.75. The number of hydrogen-bond acceptors (Lipinski definition) is 2. The number of hydrogen-bond donors (Lipinski definition) is 1. The molecule has 0 aromatic rings. The molecule has 108 valence electrons. The van der Waals surface area contributed by atoms with Crippen LogP contribution in [0.25, 0.3) is 0 Å². The van der Waals surface area contributed by atoms with Crippen LogP contribution >= 0.6 is 0 Å². The fraction of sp³-hybridized carbons (Fsp3) is 0.833. The summed E-state index contributed by atoms with van der Waals surface area (Å²) in [5.74, 6) is -2.65. The van der Waals surface area contributed by atoms with Crippen LogP contribution < -0.4 is 0 Å². The summed E-state index contributed by atoms with van der Waals surface area (Å²) in [7, 11) is 0. The van der Waals surface area contributed by atoms with E-state index >= 15 is 0 Å². The van der Waals surface area contributed by atoms with Gasteiger partial charge in [-0.15, -0.1) is 0 Å². The summed E-state index contributed by atoms with van der Waals surface area (Å²) < 4.78 is 37.4. The van der Waals surface area contributed by atoms with Gasteiger partial charge in [0.25, 0.3) is 0 Å². The maximum atomic E-state index is 12.5. The lowest BCUT2D eigenvalue weighted by atomic mass is 10.0. The summed E-state index contributed by atoms with van der Waals surface area (Å²) in [5, 5.41) is 8.85. The molecular weight excluding hydrogens is 263 g/mol. The molecule has 7 heteroatoms. The molecule has 0 bridgehead atoms. The number of carboxylic acid groups (broad SMARTS) is 1. The first kappa shape index (κ1) is 14.1. The zero-order valence-electron chi connectivity index (χ0n) is 10.3. The van der Waals surface area contributed by atoms with Crippen molar-refractivity contribution in [1.82, 2.24) is 4.90 Å². The number of halogens is 3. The van der Waals surface area contributed by atoms with Crippen molar-refractivity contribution in [1.29, 1.82) is 0 Å². The number of aliphatic carboxylic acids is 1. The van der Waals surface area contributed by atoms with Gasteiger partial charge in [0.2, 0.25) is 5.91 Å². The molecule has 1 amide bonds. The summed E-state index contributed by atoms with van der Waals surface area (Å²) in [4.78, 5) is 23.8. The van der Waals surface area contributed by atoms with Gasteiger partial charge in [-0.3, -0.25) is 9.59 Å². The first-order chi connectivity index (χ1) is 8.78. The highest BCUT2D eigenvalue weighted by Crippen LogP contribution is 2.37. The Hall–Kier alpha value is -1.27. The summed E-state index contributed by atoms with van der Waals surface area (Å²) in [6.07, 6.45) is -2.28. The molecule has 2 aliphatic rings. The van der Waals surface area contributed by atoms with Crippen LogP contribution in [0.15, 0.2) is 0 Å². The number of alkyl halides is 3. The van der Waals surface area contributed by atoms with Crippen molar-refractivity contribution < 1.29 is 27.9 Å². The Balaban J connectivity index is 1.98. The van der Waals surface area contributed by atoms with Crippen LogP contribution in [0.1, 0.15) is 32.1 Å². The summed E-state index contributed by atoms with van der Waals surface area (Å²) in [5.41, 5.74) is 0. The van der Waals surface area contributed by atoms with Gasteiger partial charge in [-0.1, -0.05) is 0 Å². The van der Waals surface area contributed by atoms with Crippen molar-refractivity contribution in [3.8, 4) is 0 Å². The molecule has 2 atom stereocenters. The monoisotopic (exact) mass is 279 g/mol. The largest absolute Gasteiger partial charge is 0.481 e. The average molecular weight is 279 g/mol. The number of nitrogens with zero attached hydrogens (tertiary/aromatic N) is 1. The minimum absolute atomic E-state index is 0.162. The van der Waals surface area contributed by atoms with Gasteiger partial charge in [0, 0.05) is 12.0 Å². The minimum Gasteiger partial charge on any atom is -0.481 e. The normalized spacial score (nSPS) is 27.3. The molecule has 4 nitrogen and oxygen atoms in total. The molecule has 0 spiro atoms. The molecule has 0 aromatic carbocycles. The molecule has 0 unspecified atom stereocenters. The number of amides is 1. The number of carbonyl (C=O) groups excluding carboxylic acids is 1. The molecule has 1 N–H and O–H groups in total. The predicted molar refractivity (Wildman–Crippen MR) is 59.3 cm³/mol. The van der Waals surface area contributed by atoms with Crippen LogP contribution in [-0.2, 0) is 9.59 Å². The highest BCUT2D eigenvalue weighted by Gasteiger charge is 2.44. The molecule has 0 radical (unpaired) electrons. The zero-order valence-corrected chi connectivity index (χ0v) is 10.3. The van der Waals surface area contributed by atoms with E-state index < -0.39 is 36.4 Å². The van der Waals surface area contributed by atoms with Crippen molar-refractivity contribution in [2.24, 2.45) is 11.8 Å². The Bertz CT molecular complexity index is 379. The van der Waals surface area contributed by atoms with Crippen LogP contribution in [-0.4, -0.2) is 40.6 Å². The molecule has 19 heavy (non-hydrogen) atoms. The molecule has 0 heterocycles. The smallest absolute Gasteiger partial charge is 0.406 e. The maximum Gasteiger partial charge on any atom is 0.406 e. The van der Waals surface area contributed by atoms with E-state index in [-0.39, 0.29) is 12.5 Å². The molecule has 2 rings (SSSR count). The van der Waals surface area contributed by atoms with E-state index in [9.17, 15) is 22.8 Å². The first-order valence-corrected chi connectivity index (χ1v) is 6.38. The standard InChI is InChI=1S/C12H16F3NO3/c13-12(14,15)6-16(9-3-4-9)10(17)7-1-2-8(5-7)11(18)19/h7-9H,1-6H2,(H,18,19)/t7-,8+/m1/s1. The lowest BCUT2D eigenvalue weighted by Gasteiger charge is -2.26. The van der Waals surface area contributed by atoms with Gasteiger partial charge < -0.3 is 10.0 Å². The van der Waals surface area contributed by atoms with Gasteiger partial charge in [0.05, 0.1) is 5.92 Å².